The van der Waals surface area contributed by atoms with Crippen molar-refractivity contribution >= 4 is 11.6 Å². The standard InChI is InChI=1S/C22H27N3O3/c1-17-6-7-21(23-16-17)28-18-8-10-25(11-9-18)22(26)19-4-2-3-5-20(19)24-12-14-27-15-13-24/h2-7,16,18H,8-15H2,1H3. The predicted molar refractivity (Wildman–Crippen MR) is 108 cm³/mol. The van der Waals surface area contributed by atoms with Crippen LogP contribution in [-0.2, 0) is 4.74 Å². The number of morpholine rings is 1. The highest BCUT2D eigenvalue weighted by Gasteiger charge is 2.27. The van der Waals surface area contributed by atoms with Gasteiger partial charge in [0, 0.05) is 57.0 Å². The summed E-state index contributed by atoms with van der Waals surface area (Å²) in [6.45, 7) is 6.47. The number of anilines is 1. The Morgan fingerprint density at radius 1 is 1.07 bits per heavy atom. The molecule has 2 fully saturated rings. The number of nitrogens with zero attached hydrogens (tertiary/aromatic N) is 3. The largest absolute Gasteiger partial charge is 0.474 e. The zero-order valence-electron chi connectivity index (χ0n) is 16.3. The van der Waals surface area contributed by atoms with Crippen molar-refractivity contribution in [1.82, 2.24) is 9.88 Å². The molecule has 2 saturated heterocycles. The molecule has 0 spiro atoms. The first kappa shape index (κ1) is 18.7. The van der Waals surface area contributed by atoms with Gasteiger partial charge in [0.2, 0.25) is 5.88 Å². The summed E-state index contributed by atoms with van der Waals surface area (Å²) in [5, 5.41) is 0. The minimum atomic E-state index is 0.105. The number of hydrogen-bond acceptors (Lipinski definition) is 5. The topological polar surface area (TPSA) is 54.9 Å². The van der Waals surface area contributed by atoms with Crippen molar-refractivity contribution in [1.29, 1.82) is 0 Å². The van der Waals surface area contributed by atoms with Crippen LogP contribution in [0, 0.1) is 6.92 Å². The Labute approximate surface area is 166 Å². The number of rotatable bonds is 4. The van der Waals surface area contributed by atoms with E-state index in [4.69, 9.17) is 9.47 Å². The Morgan fingerprint density at radius 2 is 1.82 bits per heavy atom. The molecule has 148 valence electrons. The van der Waals surface area contributed by atoms with Gasteiger partial charge >= 0.3 is 0 Å². The normalized spacial score (nSPS) is 18.2. The number of amides is 1. The summed E-state index contributed by atoms with van der Waals surface area (Å²) in [4.78, 5) is 21.7. The third kappa shape index (κ3) is 4.28. The van der Waals surface area contributed by atoms with Crippen molar-refractivity contribution in [2.24, 2.45) is 0 Å². The fourth-order valence-electron chi connectivity index (χ4n) is 3.78. The molecule has 2 aromatic rings. The maximum atomic E-state index is 13.2. The highest BCUT2D eigenvalue weighted by molar-refractivity contribution is 5.99. The van der Waals surface area contributed by atoms with Gasteiger partial charge in [-0.1, -0.05) is 18.2 Å². The second-order valence-corrected chi connectivity index (χ2v) is 7.40. The summed E-state index contributed by atoms with van der Waals surface area (Å²) in [6, 6.07) is 11.8. The molecule has 1 amide bonds. The van der Waals surface area contributed by atoms with Crippen LogP contribution in [0.1, 0.15) is 28.8 Å². The molecule has 0 unspecified atom stereocenters. The lowest BCUT2D eigenvalue weighted by molar-refractivity contribution is 0.0587. The van der Waals surface area contributed by atoms with Crippen LogP contribution in [0.4, 0.5) is 5.69 Å². The predicted octanol–water partition coefficient (Wildman–Crippen LogP) is 2.91. The van der Waals surface area contributed by atoms with Crippen LogP contribution in [0.3, 0.4) is 0 Å². The van der Waals surface area contributed by atoms with Crippen LogP contribution in [0.2, 0.25) is 0 Å². The molecule has 4 rings (SSSR count). The molecule has 3 heterocycles. The third-order valence-electron chi connectivity index (χ3n) is 5.39. The minimum absolute atomic E-state index is 0.105. The molecule has 2 aliphatic rings. The second kappa shape index (κ2) is 8.61. The molecular formula is C22H27N3O3. The molecule has 0 atom stereocenters. The van der Waals surface area contributed by atoms with Gasteiger partial charge in [0.1, 0.15) is 6.10 Å². The van der Waals surface area contributed by atoms with E-state index in [0.717, 1.165) is 42.7 Å². The van der Waals surface area contributed by atoms with Crippen LogP contribution in [0.25, 0.3) is 0 Å². The van der Waals surface area contributed by atoms with Gasteiger partial charge in [0.15, 0.2) is 0 Å². The lowest BCUT2D eigenvalue weighted by atomic mass is 10.0. The Morgan fingerprint density at radius 3 is 2.54 bits per heavy atom. The second-order valence-electron chi connectivity index (χ2n) is 7.40. The maximum absolute atomic E-state index is 13.2. The Hall–Kier alpha value is -2.60. The molecule has 1 aromatic carbocycles. The molecule has 0 N–H and O–H groups in total. The number of benzene rings is 1. The molecule has 6 nitrogen and oxygen atoms in total. The van der Waals surface area contributed by atoms with E-state index in [2.05, 4.69) is 9.88 Å². The van der Waals surface area contributed by atoms with E-state index >= 15 is 0 Å². The smallest absolute Gasteiger partial charge is 0.255 e. The van der Waals surface area contributed by atoms with Gasteiger partial charge in [-0.2, -0.15) is 0 Å². The number of aromatic nitrogens is 1. The fraction of sp³-hybridized carbons (Fsp3) is 0.455. The highest BCUT2D eigenvalue weighted by atomic mass is 16.5. The van der Waals surface area contributed by atoms with E-state index in [1.807, 2.05) is 54.4 Å². The van der Waals surface area contributed by atoms with Crippen molar-refractivity contribution in [3.05, 3.63) is 53.7 Å². The first-order chi connectivity index (χ1) is 13.7. The molecule has 1 aromatic heterocycles. The number of piperidine rings is 1. The number of ether oxygens (including phenoxy) is 2. The third-order valence-corrected chi connectivity index (χ3v) is 5.39. The van der Waals surface area contributed by atoms with E-state index in [1.165, 1.54) is 0 Å². The summed E-state index contributed by atoms with van der Waals surface area (Å²) in [7, 11) is 0. The molecule has 6 heteroatoms. The number of carbonyl (C=O) groups excluding carboxylic acids is 1. The first-order valence-corrected chi connectivity index (χ1v) is 10.0. The molecule has 0 radical (unpaired) electrons. The SMILES string of the molecule is Cc1ccc(OC2CCN(C(=O)c3ccccc3N3CCOCC3)CC2)nc1. The fourth-order valence-corrected chi connectivity index (χ4v) is 3.78. The summed E-state index contributed by atoms with van der Waals surface area (Å²) in [6.07, 6.45) is 3.56. The quantitative estimate of drug-likeness (QED) is 0.815. The van der Waals surface area contributed by atoms with Crippen molar-refractivity contribution < 1.29 is 14.3 Å². The number of carbonyl (C=O) groups is 1. The van der Waals surface area contributed by atoms with Crippen LogP contribution < -0.4 is 9.64 Å². The molecule has 2 aliphatic heterocycles. The lowest BCUT2D eigenvalue weighted by Crippen LogP contribution is -2.43. The van der Waals surface area contributed by atoms with Gasteiger partial charge in [-0.25, -0.2) is 4.98 Å². The van der Waals surface area contributed by atoms with E-state index < -0.39 is 0 Å². The van der Waals surface area contributed by atoms with E-state index in [0.29, 0.717) is 32.2 Å². The van der Waals surface area contributed by atoms with Gasteiger partial charge in [-0.15, -0.1) is 0 Å². The Bertz CT molecular complexity index is 795. The Kier molecular flexibility index (Phi) is 5.76. The van der Waals surface area contributed by atoms with E-state index in [1.54, 1.807) is 0 Å². The monoisotopic (exact) mass is 381 g/mol. The number of aryl methyl sites for hydroxylation is 1. The van der Waals surface area contributed by atoms with Crippen LogP contribution in [0.5, 0.6) is 5.88 Å². The van der Waals surface area contributed by atoms with Crippen LogP contribution >= 0.6 is 0 Å². The molecular weight excluding hydrogens is 354 g/mol. The van der Waals surface area contributed by atoms with Crippen molar-refractivity contribution in [2.75, 3.05) is 44.3 Å². The molecule has 0 aliphatic carbocycles. The maximum Gasteiger partial charge on any atom is 0.255 e. The van der Waals surface area contributed by atoms with Gasteiger partial charge < -0.3 is 19.3 Å². The zero-order chi connectivity index (χ0) is 19.3. The number of pyridine rings is 1. The van der Waals surface area contributed by atoms with Gasteiger partial charge in [0.05, 0.1) is 18.8 Å². The van der Waals surface area contributed by atoms with Crippen LogP contribution in [0.15, 0.2) is 42.6 Å². The summed E-state index contributed by atoms with van der Waals surface area (Å²) >= 11 is 0. The Balaban J connectivity index is 1.38. The average molecular weight is 381 g/mol. The summed E-state index contributed by atoms with van der Waals surface area (Å²) in [5.74, 6) is 0.766. The van der Waals surface area contributed by atoms with Crippen LogP contribution in [-0.4, -0.2) is 61.3 Å². The lowest BCUT2D eigenvalue weighted by Gasteiger charge is -2.34. The summed E-state index contributed by atoms with van der Waals surface area (Å²) < 4.78 is 11.4. The molecule has 0 saturated carbocycles. The summed E-state index contributed by atoms with van der Waals surface area (Å²) in [5.41, 5.74) is 2.91. The first-order valence-electron chi connectivity index (χ1n) is 10.0. The molecule has 28 heavy (non-hydrogen) atoms. The molecule has 0 bridgehead atoms. The number of hydrogen-bond donors (Lipinski definition) is 0. The number of para-hydroxylation sites is 1. The van der Waals surface area contributed by atoms with E-state index in [9.17, 15) is 4.79 Å². The highest BCUT2D eigenvalue weighted by Crippen LogP contribution is 2.25. The van der Waals surface area contributed by atoms with Gasteiger partial charge in [0.25, 0.3) is 5.91 Å². The number of likely N-dealkylation sites (tertiary alicyclic amines) is 1. The van der Waals surface area contributed by atoms with Crippen molar-refractivity contribution in [3.8, 4) is 5.88 Å². The average Bonchev–Trinajstić information content (AvgIpc) is 2.76. The van der Waals surface area contributed by atoms with E-state index in [-0.39, 0.29) is 12.0 Å². The van der Waals surface area contributed by atoms with Gasteiger partial charge in [-0.3, -0.25) is 4.79 Å². The zero-order valence-corrected chi connectivity index (χ0v) is 16.3. The van der Waals surface area contributed by atoms with Crippen molar-refractivity contribution in [3.63, 3.8) is 0 Å². The minimum Gasteiger partial charge on any atom is -0.474 e. The van der Waals surface area contributed by atoms with Gasteiger partial charge in [-0.05, 0) is 24.6 Å². The van der Waals surface area contributed by atoms with Crippen molar-refractivity contribution in [2.45, 2.75) is 25.9 Å².